The van der Waals surface area contributed by atoms with Crippen molar-refractivity contribution in [3.8, 4) is 22.9 Å². The molecule has 0 saturated carbocycles. The van der Waals surface area contributed by atoms with Crippen LogP contribution in [0.25, 0.3) is 16.6 Å². The van der Waals surface area contributed by atoms with Crippen molar-refractivity contribution in [2.24, 2.45) is 0 Å². The molecule has 6 rings (SSSR count). The van der Waals surface area contributed by atoms with Gasteiger partial charge in [0, 0.05) is 24.0 Å². The number of aryl methyl sites for hydroxylation is 1. The summed E-state index contributed by atoms with van der Waals surface area (Å²) in [7, 11) is 0. The number of fused-ring (bicyclic) bond motifs is 1. The molecule has 10 nitrogen and oxygen atoms in total. The molecule has 0 bridgehead atoms. The van der Waals surface area contributed by atoms with Gasteiger partial charge in [0.05, 0.1) is 23.1 Å². The Morgan fingerprint density at radius 2 is 1.85 bits per heavy atom. The van der Waals surface area contributed by atoms with E-state index in [4.69, 9.17) is 15.2 Å². The van der Waals surface area contributed by atoms with Crippen LogP contribution in [0, 0.1) is 12.7 Å². The Morgan fingerprint density at radius 1 is 1.09 bits per heavy atom. The number of nitrogens with one attached hydrogen (secondary N) is 1. The number of halogens is 3. The molecule has 4 N–H and O–H groups in total. The monoisotopic (exact) mass is 633 g/mol. The van der Waals surface area contributed by atoms with Gasteiger partial charge in [-0.15, -0.1) is 0 Å². The normalized spacial score (nSPS) is 13.8. The first-order chi connectivity index (χ1) is 22.1. The maximum absolute atomic E-state index is 14.0. The first-order valence-electron chi connectivity index (χ1n) is 14.6. The standard InChI is InChI=1S/C33H30F3N5O5/c1-18-12-21(46-28-5-3-2-4-24(28)34)6-7-27(18)41-32(37)23(16-38-41)31(42)26-13-20-14-29(45-17-30(35)36)22(15-25(20)39-26)19-8-10-40(11-9-19)33(43)44/h2-7,12-16,19,30,39H,8-11,17,37H2,1H3,(H,43,44). The predicted octanol–water partition coefficient (Wildman–Crippen LogP) is 6.91. The van der Waals surface area contributed by atoms with Crippen molar-refractivity contribution in [2.45, 2.75) is 32.1 Å². The number of hydrogen-bond acceptors (Lipinski definition) is 6. The lowest BCUT2D eigenvalue weighted by Gasteiger charge is -2.31. The third-order valence-electron chi connectivity index (χ3n) is 8.08. The van der Waals surface area contributed by atoms with Crippen LogP contribution < -0.4 is 15.2 Å². The van der Waals surface area contributed by atoms with Gasteiger partial charge >= 0.3 is 6.09 Å². The summed E-state index contributed by atoms with van der Waals surface area (Å²) in [6.45, 7) is 1.63. The molecule has 1 saturated heterocycles. The molecule has 0 radical (unpaired) electrons. The van der Waals surface area contributed by atoms with Gasteiger partial charge in [0.25, 0.3) is 6.43 Å². The highest BCUT2D eigenvalue weighted by molar-refractivity contribution is 6.12. The van der Waals surface area contributed by atoms with E-state index >= 15 is 0 Å². The maximum atomic E-state index is 14.0. The summed E-state index contributed by atoms with van der Waals surface area (Å²) >= 11 is 0. The number of piperidine rings is 1. The number of amides is 1. The fourth-order valence-electron chi connectivity index (χ4n) is 5.73. The summed E-state index contributed by atoms with van der Waals surface area (Å²) < 4.78 is 52.8. The van der Waals surface area contributed by atoms with Crippen molar-refractivity contribution in [1.82, 2.24) is 19.7 Å². The number of alkyl halides is 2. The van der Waals surface area contributed by atoms with Gasteiger partial charge in [0.15, 0.2) is 11.6 Å². The second-order valence-corrected chi connectivity index (χ2v) is 11.1. The van der Waals surface area contributed by atoms with E-state index < -0.39 is 30.7 Å². The summed E-state index contributed by atoms with van der Waals surface area (Å²) in [6.07, 6.45) is -1.31. The molecule has 5 aromatic rings. The molecule has 3 heterocycles. The predicted molar refractivity (Wildman–Crippen MR) is 164 cm³/mol. The van der Waals surface area contributed by atoms with Crippen molar-refractivity contribution >= 4 is 28.6 Å². The lowest BCUT2D eigenvalue weighted by molar-refractivity contribution is 0.0808. The lowest BCUT2D eigenvalue weighted by Crippen LogP contribution is -2.36. The number of carbonyl (C=O) groups excluding carboxylic acids is 1. The minimum atomic E-state index is -2.68. The second-order valence-electron chi connectivity index (χ2n) is 11.1. The summed E-state index contributed by atoms with van der Waals surface area (Å²) in [6, 6.07) is 16.1. The van der Waals surface area contributed by atoms with Crippen LogP contribution in [0.15, 0.2) is 66.9 Å². The van der Waals surface area contributed by atoms with Crippen LogP contribution >= 0.6 is 0 Å². The molecular weight excluding hydrogens is 603 g/mol. The molecule has 0 unspecified atom stereocenters. The maximum Gasteiger partial charge on any atom is 0.407 e. The minimum Gasteiger partial charge on any atom is -0.487 e. The van der Waals surface area contributed by atoms with Crippen molar-refractivity contribution in [2.75, 3.05) is 25.4 Å². The number of aromatic nitrogens is 3. The van der Waals surface area contributed by atoms with Crippen LogP contribution in [0.2, 0.25) is 0 Å². The summed E-state index contributed by atoms with van der Waals surface area (Å²) in [5, 5.41) is 14.2. The average molecular weight is 634 g/mol. The van der Waals surface area contributed by atoms with Crippen molar-refractivity contribution in [3.05, 3.63) is 95.1 Å². The molecule has 238 valence electrons. The zero-order valence-electron chi connectivity index (χ0n) is 24.7. The Balaban J connectivity index is 1.27. The molecule has 1 amide bonds. The largest absolute Gasteiger partial charge is 0.487 e. The topological polar surface area (TPSA) is 136 Å². The first-order valence-corrected chi connectivity index (χ1v) is 14.6. The van der Waals surface area contributed by atoms with E-state index in [0.29, 0.717) is 59.4 Å². The smallest absolute Gasteiger partial charge is 0.407 e. The molecular formula is C33H30F3N5O5. The number of nitrogen functional groups attached to an aromatic ring is 1. The number of ketones is 1. The van der Waals surface area contributed by atoms with Gasteiger partial charge in [0.2, 0.25) is 5.78 Å². The van der Waals surface area contributed by atoms with Gasteiger partial charge in [-0.1, -0.05) is 12.1 Å². The average Bonchev–Trinajstić information content (AvgIpc) is 3.63. The van der Waals surface area contributed by atoms with Crippen LogP contribution in [0.5, 0.6) is 17.2 Å². The Labute approximate surface area is 261 Å². The fourth-order valence-corrected chi connectivity index (χ4v) is 5.73. The SMILES string of the molecule is Cc1cc(Oc2ccccc2F)ccc1-n1ncc(C(=O)c2cc3cc(OCC(F)F)c(C4CCN(C(=O)O)CC4)cc3[nH]2)c1N. The fraction of sp³-hybridized carbons (Fsp3) is 0.242. The molecule has 0 atom stereocenters. The molecule has 46 heavy (non-hydrogen) atoms. The number of carboxylic acid groups (broad SMARTS) is 1. The third-order valence-corrected chi connectivity index (χ3v) is 8.08. The number of nitrogens with zero attached hydrogens (tertiary/aromatic N) is 3. The molecule has 1 fully saturated rings. The molecule has 1 aliphatic heterocycles. The number of hydrogen-bond donors (Lipinski definition) is 3. The number of anilines is 1. The zero-order valence-corrected chi connectivity index (χ0v) is 24.7. The molecule has 1 aliphatic rings. The van der Waals surface area contributed by atoms with Crippen molar-refractivity contribution in [1.29, 1.82) is 0 Å². The van der Waals surface area contributed by atoms with E-state index in [0.717, 1.165) is 0 Å². The number of likely N-dealkylation sites (tertiary alicyclic amines) is 1. The zero-order chi connectivity index (χ0) is 32.5. The third kappa shape index (κ3) is 6.08. The number of carbonyl (C=O) groups is 2. The van der Waals surface area contributed by atoms with Crippen LogP contribution in [0.3, 0.4) is 0 Å². The van der Waals surface area contributed by atoms with E-state index in [1.54, 1.807) is 55.5 Å². The number of rotatable bonds is 9. The second kappa shape index (κ2) is 12.5. The van der Waals surface area contributed by atoms with Gasteiger partial charge < -0.3 is 30.2 Å². The number of aromatic amines is 1. The summed E-state index contributed by atoms with van der Waals surface area (Å²) in [5.41, 5.74) is 9.34. The Morgan fingerprint density at radius 3 is 2.54 bits per heavy atom. The summed E-state index contributed by atoms with van der Waals surface area (Å²) in [4.78, 5) is 29.4. The van der Waals surface area contributed by atoms with Gasteiger partial charge in [-0.25, -0.2) is 22.6 Å². The van der Waals surface area contributed by atoms with E-state index in [-0.39, 0.29) is 34.5 Å². The molecule has 0 spiro atoms. The highest BCUT2D eigenvalue weighted by Gasteiger charge is 2.27. The highest BCUT2D eigenvalue weighted by Crippen LogP contribution is 2.38. The number of benzene rings is 3. The van der Waals surface area contributed by atoms with Gasteiger partial charge in [-0.05, 0) is 85.3 Å². The summed E-state index contributed by atoms with van der Waals surface area (Å²) in [5.74, 6) is -0.168. The van der Waals surface area contributed by atoms with Crippen LogP contribution in [-0.2, 0) is 0 Å². The van der Waals surface area contributed by atoms with Crippen LogP contribution in [0.1, 0.15) is 45.9 Å². The van der Waals surface area contributed by atoms with E-state index in [9.17, 15) is 27.9 Å². The molecule has 0 aliphatic carbocycles. The van der Waals surface area contributed by atoms with Crippen LogP contribution in [0.4, 0.5) is 23.8 Å². The number of H-pyrrole nitrogens is 1. The number of ether oxygens (including phenoxy) is 2. The van der Waals surface area contributed by atoms with Crippen LogP contribution in [-0.4, -0.2) is 62.8 Å². The molecule has 2 aromatic heterocycles. The minimum absolute atomic E-state index is 0.0860. The van der Waals surface area contributed by atoms with E-state index in [1.807, 2.05) is 0 Å². The van der Waals surface area contributed by atoms with Crippen molar-refractivity contribution < 1.29 is 37.3 Å². The number of nitrogens with two attached hydrogens (primary N) is 1. The van der Waals surface area contributed by atoms with E-state index in [2.05, 4.69) is 10.1 Å². The molecule has 3 aromatic carbocycles. The van der Waals surface area contributed by atoms with Gasteiger partial charge in [0.1, 0.15) is 23.9 Å². The quantitative estimate of drug-likeness (QED) is 0.150. The molecule has 13 heteroatoms. The first kappa shape index (κ1) is 30.6. The van der Waals surface area contributed by atoms with E-state index in [1.165, 1.54) is 27.9 Å². The Kier molecular flexibility index (Phi) is 8.31. The van der Waals surface area contributed by atoms with Gasteiger partial charge in [-0.2, -0.15) is 5.10 Å². The Bertz CT molecular complexity index is 1930. The van der Waals surface area contributed by atoms with Crippen molar-refractivity contribution in [3.63, 3.8) is 0 Å². The lowest BCUT2D eigenvalue weighted by atomic mass is 9.88. The highest BCUT2D eigenvalue weighted by atomic mass is 19.3. The van der Waals surface area contributed by atoms with Gasteiger partial charge in [-0.3, -0.25) is 4.79 Å². The number of para-hydroxylation sites is 1. The Hall–Kier alpha value is -5.46.